The number of fused-ring (bicyclic) bond motifs is 1. The first-order chi connectivity index (χ1) is 11.2. The van der Waals surface area contributed by atoms with E-state index in [9.17, 15) is 0 Å². The number of hydrogen-bond donors (Lipinski definition) is 0. The lowest BCUT2D eigenvalue weighted by Gasteiger charge is -2.22. The van der Waals surface area contributed by atoms with Gasteiger partial charge in [-0.05, 0) is 33.1 Å². The van der Waals surface area contributed by atoms with Crippen LogP contribution in [0.3, 0.4) is 0 Å². The molecule has 6 nitrogen and oxygen atoms in total. The summed E-state index contributed by atoms with van der Waals surface area (Å²) < 4.78 is 7.17. The molecule has 6 heteroatoms. The molecule has 0 N–H and O–H groups in total. The number of aryl methyl sites for hydroxylation is 2. The molecule has 1 aliphatic heterocycles. The molecule has 0 saturated carbocycles. The first-order valence-electron chi connectivity index (χ1n) is 8.25. The second kappa shape index (κ2) is 5.37. The Balaban J connectivity index is 1.94. The van der Waals surface area contributed by atoms with Gasteiger partial charge in [0.1, 0.15) is 23.0 Å². The Morgan fingerprint density at radius 2 is 1.91 bits per heavy atom. The Hall–Kier alpha value is -2.37. The molecule has 0 aromatic carbocycles. The van der Waals surface area contributed by atoms with E-state index < -0.39 is 0 Å². The van der Waals surface area contributed by atoms with Crippen molar-refractivity contribution >= 4 is 11.5 Å². The molecule has 23 heavy (non-hydrogen) atoms. The second-order valence-electron chi connectivity index (χ2n) is 6.17. The quantitative estimate of drug-likeness (QED) is 0.743. The lowest BCUT2D eigenvalue weighted by Crippen LogP contribution is -2.23. The molecule has 0 radical (unpaired) electrons. The zero-order valence-corrected chi connectivity index (χ0v) is 13.8. The summed E-state index contributed by atoms with van der Waals surface area (Å²) in [5, 5.41) is 8.86. The van der Waals surface area contributed by atoms with E-state index in [4.69, 9.17) is 14.6 Å². The van der Waals surface area contributed by atoms with Crippen molar-refractivity contribution in [1.82, 2.24) is 19.8 Å². The molecule has 4 heterocycles. The summed E-state index contributed by atoms with van der Waals surface area (Å²) in [7, 11) is 0. The van der Waals surface area contributed by atoms with Gasteiger partial charge < -0.3 is 9.42 Å². The molecule has 0 aliphatic carbocycles. The van der Waals surface area contributed by atoms with Crippen molar-refractivity contribution in [1.29, 1.82) is 0 Å². The lowest BCUT2D eigenvalue weighted by atomic mass is 10.1. The van der Waals surface area contributed by atoms with Gasteiger partial charge in [0.15, 0.2) is 5.65 Å². The van der Waals surface area contributed by atoms with Gasteiger partial charge in [0.2, 0.25) is 0 Å². The fraction of sp³-hybridized carbons (Fsp3) is 0.471. The van der Waals surface area contributed by atoms with Gasteiger partial charge in [-0.3, -0.25) is 0 Å². The zero-order valence-electron chi connectivity index (χ0n) is 13.8. The molecular formula is C17H21N5O. The third-order valence-corrected chi connectivity index (χ3v) is 4.53. The van der Waals surface area contributed by atoms with E-state index in [-0.39, 0.29) is 0 Å². The van der Waals surface area contributed by atoms with Gasteiger partial charge in [-0.15, -0.1) is 0 Å². The van der Waals surface area contributed by atoms with Crippen molar-refractivity contribution in [3.63, 3.8) is 0 Å². The van der Waals surface area contributed by atoms with Crippen LogP contribution in [0.2, 0.25) is 0 Å². The summed E-state index contributed by atoms with van der Waals surface area (Å²) in [5.41, 5.74) is 4.81. The van der Waals surface area contributed by atoms with Crippen LogP contribution in [0.1, 0.15) is 36.8 Å². The highest BCUT2D eigenvalue weighted by Gasteiger charge is 2.22. The number of aromatic nitrogens is 4. The van der Waals surface area contributed by atoms with Gasteiger partial charge in [-0.2, -0.15) is 9.61 Å². The van der Waals surface area contributed by atoms with Gasteiger partial charge in [0.25, 0.3) is 0 Å². The fourth-order valence-electron chi connectivity index (χ4n) is 3.42. The van der Waals surface area contributed by atoms with Crippen molar-refractivity contribution in [3.8, 4) is 11.4 Å². The summed E-state index contributed by atoms with van der Waals surface area (Å²) in [6.45, 7) is 8.33. The molecule has 3 aromatic heterocycles. The number of anilines is 1. The average molecular weight is 311 g/mol. The molecule has 0 spiro atoms. The molecule has 0 atom stereocenters. The summed E-state index contributed by atoms with van der Waals surface area (Å²) in [5.74, 6) is 1.98. The smallest absolute Gasteiger partial charge is 0.158 e. The van der Waals surface area contributed by atoms with Crippen molar-refractivity contribution in [2.75, 3.05) is 18.0 Å². The molecule has 0 amide bonds. The molecule has 1 fully saturated rings. The highest BCUT2D eigenvalue weighted by molar-refractivity contribution is 5.65. The third kappa shape index (κ3) is 2.29. The molecule has 4 rings (SSSR count). The molecule has 120 valence electrons. The highest BCUT2D eigenvalue weighted by Crippen LogP contribution is 2.29. The normalized spacial score (nSPS) is 15.0. The van der Waals surface area contributed by atoms with E-state index in [1.165, 1.54) is 24.2 Å². The number of nitrogens with zero attached hydrogens (tertiary/aromatic N) is 5. The highest BCUT2D eigenvalue weighted by atomic mass is 16.5. The molecule has 1 saturated heterocycles. The third-order valence-electron chi connectivity index (χ3n) is 4.53. The van der Waals surface area contributed by atoms with Crippen molar-refractivity contribution in [3.05, 3.63) is 29.2 Å². The number of rotatable bonds is 3. The first-order valence-corrected chi connectivity index (χ1v) is 8.25. The van der Waals surface area contributed by atoms with E-state index in [0.717, 1.165) is 48.0 Å². The maximum absolute atomic E-state index is 5.18. The number of hydrogen-bond acceptors (Lipinski definition) is 5. The second-order valence-corrected chi connectivity index (χ2v) is 6.17. The van der Waals surface area contributed by atoms with Crippen molar-refractivity contribution in [2.24, 2.45) is 0 Å². The summed E-state index contributed by atoms with van der Waals surface area (Å²) >= 11 is 0. The van der Waals surface area contributed by atoms with Gasteiger partial charge in [-0.25, -0.2) is 4.98 Å². The van der Waals surface area contributed by atoms with Crippen LogP contribution >= 0.6 is 0 Å². The molecule has 1 aliphatic rings. The Morgan fingerprint density at radius 3 is 2.57 bits per heavy atom. The SMILES string of the molecule is CCc1c(C)nc2cc(-c3cc(C)on3)nn2c1N1CCCC1. The minimum atomic E-state index is 0.760. The van der Waals surface area contributed by atoms with Crippen molar-refractivity contribution < 1.29 is 4.52 Å². The van der Waals surface area contributed by atoms with Crippen LogP contribution in [0.5, 0.6) is 0 Å². The van der Waals surface area contributed by atoms with Crippen LogP contribution in [0.25, 0.3) is 17.0 Å². The zero-order chi connectivity index (χ0) is 16.0. The minimum Gasteiger partial charge on any atom is -0.361 e. The molecule has 3 aromatic rings. The van der Waals surface area contributed by atoms with E-state index in [0.29, 0.717) is 0 Å². The summed E-state index contributed by atoms with van der Waals surface area (Å²) in [4.78, 5) is 7.18. The van der Waals surface area contributed by atoms with Gasteiger partial charge >= 0.3 is 0 Å². The van der Waals surface area contributed by atoms with Crippen LogP contribution in [-0.4, -0.2) is 32.8 Å². The largest absolute Gasteiger partial charge is 0.361 e. The Morgan fingerprint density at radius 1 is 1.13 bits per heavy atom. The van der Waals surface area contributed by atoms with Crippen LogP contribution in [0.15, 0.2) is 16.7 Å². The Kier molecular flexibility index (Phi) is 3.32. The van der Waals surface area contributed by atoms with Gasteiger partial charge in [0.05, 0.1) is 0 Å². The lowest BCUT2D eigenvalue weighted by molar-refractivity contribution is 0.399. The predicted molar refractivity (Wildman–Crippen MR) is 88.8 cm³/mol. The molecule has 0 unspecified atom stereocenters. The molecular weight excluding hydrogens is 290 g/mol. The summed E-state index contributed by atoms with van der Waals surface area (Å²) in [6.07, 6.45) is 3.43. The standard InChI is InChI=1S/C17H21N5O/c1-4-13-12(3)18-16-10-14(15-9-11(2)23-20-15)19-22(16)17(13)21-7-5-6-8-21/h9-10H,4-8H2,1-3H3. The monoisotopic (exact) mass is 311 g/mol. The minimum absolute atomic E-state index is 0.760. The van der Waals surface area contributed by atoms with E-state index in [1.807, 2.05) is 23.6 Å². The average Bonchev–Trinajstić information content (AvgIpc) is 3.25. The van der Waals surface area contributed by atoms with Crippen LogP contribution in [0.4, 0.5) is 5.82 Å². The van der Waals surface area contributed by atoms with E-state index in [1.54, 1.807) is 0 Å². The van der Waals surface area contributed by atoms with Gasteiger partial charge in [0, 0.05) is 36.5 Å². The predicted octanol–water partition coefficient (Wildman–Crippen LogP) is 3.16. The van der Waals surface area contributed by atoms with E-state index in [2.05, 4.69) is 23.9 Å². The van der Waals surface area contributed by atoms with Crippen molar-refractivity contribution in [2.45, 2.75) is 40.0 Å². The molecule has 0 bridgehead atoms. The van der Waals surface area contributed by atoms with Crippen LogP contribution in [-0.2, 0) is 6.42 Å². The maximum Gasteiger partial charge on any atom is 0.158 e. The summed E-state index contributed by atoms with van der Waals surface area (Å²) in [6, 6.07) is 3.90. The maximum atomic E-state index is 5.18. The van der Waals surface area contributed by atoms with Crippen LogP contribution < -0.4 is 4.90 Å². The first kappa shape index (κ1) is 14.2. The van der Waals surface area contributed by atoms with Crippen LogP contribution in [0, 0.1) is 13.8 Å². The Labute approximate surface area is 135 Å². The van der Waals surface area contributed by atoms with E-state index >= 15 is 0 Å². The fourth-order valence-corrected chi connectivity index (χ4v) is 3.42. The Bertz CT molecular complexity index is 857. The topological polar surface area (TPSA) is 59.5 Å². The van der Waals surface area contributed by atoms with Gasteiger partial charge in [-0.1, -0.05) is 12.1 Å².